The summed E-state index contributed by atoms with van der Waals surface area (Å²) in [5, 5.41) is 4.77. The van der Waals surface area contributed by atoms with Crippen molar-refractivity contribution in [1.82, 2.24) is 0 Å². The van der Waals surface area contributed by atoms with Crippen LogP contribution in [0.25, 0.3) is 0 Å². The Kier molecular flexibility index (Phi) is 3.64. The molecule has 0 aromatic heterocycles. The van der Waals surface area contributed by atoms with E-state index in [9.17, 15) is 0 Å². The second-order valence-corrected chi connectivity index (χ2v) is 5.56. The SMILES string of the molecule is CC1=NOCC(C[Se]c2ccccc2)O1. The molecular formula is C11H13NO2Se. The maximum atomic E-state index is 5.55. The van der Waals surface area contributed by atoms with Crippen LogP contribution in [0, 0.1) is 0 Å². The van der Waals surface area contributed by atoms with Gasteiger partial charge in [0, 0.05) is 0 Å². The third-order valence-corrected chi connectivity index (χ3v) is 4.37. The van der Waals surface area contributed by atoms with Crippen LogP contribution in [0.4, 0.5) is 0 Å². The van der Waals surface area contributed by atoms with Crippen molar-refractivity contribution in [3.8, 4) is 0 Å². The molecule has 0 bridgehead atoms. The molecule has 1 aromatic rings. The Hall–Kier alpha value is -0.991. The third kappa shape index (κ3) is 3.26. The third-order valence-electron chi connectivity index (χ3n) is 1.97. The van der Waals surface area contributed by atoms with Crippen LogP contribution >= 0.6 is 0 Å². The predicted octanol–water partition coefficient (Wildman–Crippen LogP) is 1.18. The van der Waals surface area contributed by atoms with Crippen molar-refractivity contribution in [2.75, 3.05) is 6.61 Å². The molecule has 2 rings (SSSR count). The van der Waals surface area contributed by atoms with Crippen molar-refractivity contribution in [2.24, 2.45) is 5.16 Å². The Labute approximate surface area is 95.6 Å². The minimum absolute atomic E-state index is 0.169. The van der Waals surface area contributed by atoms with Crippen LogP contribution in [0.3, 0.4) is 0 Å². The van der Waals surface area contributed by atoms with Crippen molar-refractivity contribution in [3.05, 3.63) is 30.3 Å². The van der Waals surface area contributed by atoms with Crippen molar-refractivity contribution < 1.29 is 9.57 Å². The van der Waals surface area contributed by atoms with Crippen LogP contribution in [-0.4, -0.2) is 33.6 Å². The van der Waals surface area contributed by atoms with E-state index >= 15 is 0 Å². The minimum atomic E-state index is 0.169. The summed E-state index contributed by atoms with van der Waals surface area (Å²) in [5.74, 6) is 0.634. The molecule has 1 atom stereocenters. The molecule has 0 fully saturated rings. The van der Waals surface area contributed by atoms with E-state index < -0.39 is 0 Å². The zero-order valence-electron chi connectivity index (χ0n) is 8.55. The van der Waals surface area contributed by atoms with Gasteiger partial charge in [-0.15, -0.1) is 0 Å². The van der Waals surface area contributed by atoms with Crippen LogP contribution in [0.5, 0.6) is 0 Å². The van der Waals surface area contributed by atoms with E-state index in [4.69, 9.17) is 9.57 Å². The number of benzene rings is 1. The Balaban J connectivity index is 1.81. The first-order valence-electron chi connectivity index (χ1n) is 4.85. The molecule has 0 radical (unpaired) electrons. The average Bonchev–Trinajstić information content (AvgIpc) is 2.28. The van der Waals surface area contributed by atoms with E-state index in [1.165, 1.54) is 4.46 Å². The van der Waals surface area contributed by atoms with E-state index in [0.717, 1.165) is 5.32 Å². The van der Waals surface area contributed by atoms with Crippen molar-refractivity contribution >= 4 is 25.3 Å². The monoisotopic (exact) mass is 271 g/mol. The number of oxime groups is 1. The molecule has 1 unspecified atom stereocenters. The first kappa shape index (κ1) is 10.5. The molecule has 0 amide bonds. The molecule has 4 heteroatoms. The molecule has 0 aliphatic carbocycles. The number of ether oxygens (including phenoxy) is 1. The summed E-state index contributed by atoms with van der Waals surface area (Å²) in [5.41, 5.74) is 0. The number of nitrogens with zero attached hydrogens (tertiary/aromatic N) is 1. The van der Waals surface area contributed by atoms with Gasteiger partial charge in [-0.1, -0.05) is 0 Å². The van der Waals surface area contributed by atoms with Gasteiger partial charge < -0.3 is 0 Å². The van der Waals surface area contributed by atoms with Crippen LogP contribution in [0.15, 0.2) is 35.5 Å². The van der Waals surface area contributed by atoms with E-state index in [1.807, 2.05) is 13.0 Å². The van der Waals surface area contributed by atoms with Crippen molar-refractivity contribution in [3.63, 3.8) is 0 Å². The van der Waals surface area contributed by atoms with E-state index in [-0.39, 0.29) is 6.10 Å². The fraction of sp³-hybridized carbons (Fsp3) is 0.364. The van der Waals surface area contributed by atoms with Gasteiger partial charge in [-0.25, -0.2) is 0 Å². The summed E-state index contributed by atoms with van der Waals surface area (Å²) < 4.78 is 6.95. The zero-order valence-corrected chi connectivity index (χ0v) is 10.3. The summed E-state index contributed by atoms with van der Waals surface area (Å²) in [6, 6.07) is 10.5. The molecule has 1 aliphatic rings. The van der Waals surface area contributed by atoms with Crippen molar-refractivity contribution in [2.45, 2.75) is 18.3 Å². The average molecular weight is 270 g/mol. The Morgan fingerprint density at radius 3 is 2.93 bits per heavy atom. The summed E-state index contributed by atoms with van der Waals surface area (Å²) in [7, 11) is 0. The first-order chi connectivity index (χ1) is 7.34. The van der Waals surface area contributed by atoms with Gasteiger partial charge in [-0.3, -0.25) is 0 Å². The molecule has 15 heavy (non-hydrogen) atoms. The topological polar surface area (TPSA) is 30.8 Å². The summed E-state index contributed by atoms with van der Waals surface area (Å²) >= 11 is 0.451. The van der Waals surface area contributed by atoms with E-state index in [0.29, 0.717) is 27.5 Å². The predicted molar refractivity (Wildman–Crippen MR) is 60.6 cm³/mol. The second-order valence-electron chi connectivity index (χ2n) is 3.27. The van der Waals surface area contributed by atoms with Gasteiger partial charge in [0.25, 0.3) is 0 Å². The molecule has 1 aromatic carbocycles. The summed E-state index contributed by atoms with van der Waals surface area (Å²) in [4.78, 5) is 5.06. The number of hydrogen-bond acceptors (Lipinski definition) is 3. The fourth-order valence-corrected chi connectivity index (χ4v) is 3.17. The second kappa shape index (κ2) is 5.19. The fourth-order valence-electron chi connectivity index (χ4n) is 1.30. The molecule has 1 heterocycles. The van der Waals surface area contributed by atoms with E-state index in [1.54, 1.807) is 0 Å². The molecule has 0 spiro atoms. The summed E-state index contributed by atoms with van der Waals surface area (Å²) in [6.07, 6.45) is 0.169. The van der Waals surface area contributed by atoms with Gasteiger partial charge >= 0.3 is 95.3 Å². The Bertz CT molecular complexity index is 340. The van der Waals surface area contributed by atoms with Crippen LogP contribution < -0.4 is 4.46 Å². The molecule has 0 N–H and O–H groups in total. The van der Waals surface area contributed by atoms with Gasteiger partial charge in [-0.05, 0) is 0 Å². The van der Waals surface area contributed by atoms with E-state index in [2.05, 4.69) is 29.4 Å². The van der Waals surface area contributed by atoms with Crippen LogP contribution in [0.1, 0.15) is 6.92 Å². The van der Waals surface area contributed by atoms with Crippen molar-refractivity contribution in [1.29, 1.82) is 0 Å². The standard InChI is InChI=1S/C11H13NO2Se/c1-9-12-13-7-10(14-9)8-15-11-5-3-2-4-6-11/h2-6,10H,7-8H2,1H3. The van der Waals surface area contributed by atoms with Crippen LogP contribution in [-0.2, 0) is 9.57 Å². The number of rotatable bonds is 3. The summed E-state index contributed by atoms with van der Waals surface area (Å²) in [6.45, 7) is 2.40. The first-order valence-corrected chi connectivity index (χ1v) is 6.92. The molecule has 0 saturated carbocycles. The van der Waals surface area contributed by atoms with Gasteiger partial charge in [-0.2, -0.15) is 0 Å². The maximum absolute atomic E-state index is 5.55. The molecule has 3 nitrogen and oxygen atoms in total. The quantitative estimate of drug-likeness (QED) is 0.772. The van der Waals surface area contributed by atoms with Gasteiger partial charge in [0.15, 0.2) is 0 Å². The molecule has 0 saturated heterocycles. The zero-order chi connectivity index (χ0) is 10.5. The van der Waals surface area contributed by atoms with Crippen LogP contribution in [0.2, 0.25) is 5.32 Å². The molecule has 1 aliphatic heterocycles. The normalized spacial score (nSPS) is 20.1. The Morgan fingerprint density at radius 2 is 2.20 bits per heavy atom. The van der Waals surface area contributed by atoms with Gasteiger partial charge in [0.2, 0.25) is 0 Å². The molecular weight excluding hydrogens is 257 g/mol. The number of hydrogen-bond donors (Lipinski definition) is 0. The van der Waals surface area contributed by atoms with Gasteiger partial charge in [0.05, 0.1) is 0 Å². The Morgan fingerprint density at radius 1 is 1.40 bits per heavy atom. The molecule has 80 valence electrons. The van der Waals surface area contributed by atoms with Gasteiger partial charge in [0.1, 0.15) is 0 Å².